The molecule has 0 aliphatic heterocycles. The molecule has 1 aromatic heterocycles. The first-order valence-electron chi connectivity index (χ1n) is 2.26. The highest BCUT2D eigenvalue weighted by Gasteiger charge is 2.01. The lowest BCUT2D eigenvalue weighted by Gasteiger charge is -1.84. The maximum absolute atomic E-state index is 10.4. The minimum Gasteiger partial charge on any atom is -0.494 e. The van der Waals surface area contributed by atoms with Crippen molar-refractivity contribution in [1.82, 2.24) is 4.98 Å². The van der Waals surface area contributed by atoms with Crippen molar-refractivity contribution in [1.29, 1.82) is 0 Å². The van der Waals surface area contributed by atoms with Crippen molar-refractivity contribution in [2.75, 3.05) is 0 Å². The fraction of sp³-hybridized carbons (Fsp3) is 0.250. The average Bonchev–Trinajstić information content (AvgIpc) is 2.10. The largest absolute Gasteiger partial charge is 0.494 e. The molecule has 0 radical (unpaired) electrons. The van der Waals surface area contributed by atoms with Gasteiger partial charge in [-0.05, 0) is 0 Å². The summed E-state index contributed by atoms with van der Waals surface area (Å²) in [5, 5.41) is 8.84. The Bertz CT molecular complexity index is 251. The third-order valence-electron chi connectivity index (χ3n) is 0.844. The molecule has 50 valence electrons. The van der Waals surface area contributed by atoms with Crippen LogP contribution in [-0.2, 0) is 5.75 Å². The number of hydrogen-bond donors (Lipinski definition) is 3. The second-order valence-electron chi connectivity index (χ2n) is 1.44. The van der Waals surface area contributed by atoms with Gasteiger partial charge in [-0.3, -0.25) is 9.78 Å². The number of aromatic hydroxyl groups is 1. The van der Waals surface area contributed by atoms with Crippen molar-refractivity contribution in [2.24, 2.45) is 0 Å². The van der Waals surface area contributed by atoms with Gasteiger partial charge in [0.1, 0.15) is 0 Å². The molecule has 0 saturated heterocycles. The topological polar surface area (TPSA) is 53.1 Å². The van der Waals surface area contributed by atoms with Gasteiger partial charge in [0, 0.05) is 5.75 Å². The summed E-state index contributed by atoms with van der Waals surface area (Å²) in [7, 11) is 0. The van der Waals surface area contributed by atoms with E-state index in [-0.39, 0.29) is 10.8 Å². The van der Waals surface area contributed by atoms with Crippen LogP contribution < -0.4 is 4.87 Å². The van der Waals surface area contributed by atoms with Crippen LogP contribution in [0.1, 0.15) is 4.88 Å². The number of H-pyrrole nitrogens is 1. The van der Waals surface area contributed by atoms with Gasteiger partial charge in [0.05, 0.1) is 4.88 Å². The summed E-state index contributed by atoms with van der Waals surface area (Å²) in [6.07, 6.45) is 0. The van der Waals surface area contributed by atoms with Gasteiger partial charge in [-0.25, -0.2) is 0 Å². The van der Waals surface area contributed by atoms with Crippen LogP contribution in [0.2, 0.25) is 0 Å². The molecule has 0 aromatic carbocycles. The number of aromatic amines is 1. The number of aromatic nitrogens is 1. The number of hydrogen-bond acceptors (Lipinski definition) is 4. The van der Waals surface area contributed by atoms with E-state index in [1.807, 2.05) is 0 Å². The highest BCUT2D eigenvalue weighted by molar-refractivity contribution is 7.79. The molecule has 0 aliphatic carbocycles. The Hall–Kier alpha value is -0.420. The van der Waals surface area contributed by atoms with E-state index < -0.39 is 0 Å². The van der Waals surface area contributed by atoms with E-state index in [2.05, 4.69) is 17.6 Å². The molecule has 0 spiro atoms. The normalized spacial score (nSPS) is 9.89. The van der Waals surface area contributed by atoms with Crippen LogP contribution in [-0.4, -0.2) is 10.1 Å². The summed E-state index contributed by atoms with van der Waals surface area (Å²) in [4.78, 5) is 13.0. The monoisotopic (exact) mass is 163 g/mol. The van der Waals surface area contributed by atoms with Crippen molar-refractivity contribution < 1.29 is 5.11 Å². The number of thiol groups is 1. The molecule has 0 bridgehead atoms. The Kier molecular flexibility index (Phi) is 1.82. The Morgan fingerprint density at radius 1 is 1.78 bits per heavy atom. The minimum atomic E-state index is -0.239. The zero-order valence-corrected chi connectivity index (χ0v) is 6.13. The van der Waals surface area contributed by atoms with E-state index in [1.54, 1.807) is 0 Å². The summed E-state index contributed by atoms with van der Waals surface area (Å²) < 4.78 is 0. The summed E-state index contributed by atoms with van der Waals surface area (Å²) in [5.74, 6) is 0.342. The Morgan fingerprint density at radius 2 is 2.44 bits per heavy atom. The minimum absolute atomic E-state index is 0.0556. The van der Waals surface area contributed by atoms with E-state index in [1.165, 1.54) is 0 Å². The fourth-order valence-electron chi connectivity index (χ4n) is 0.459. The van der Waals surface area contributed by atoms with Gasteiger partial charge >= 0.3 is 4.87 Å². The third kappa shape index (κ3) is 1.28. The van der Waals surface area contributed by atoms with Gasteiger partial charge in [-0.15, -0.1) is 0 Å². The van der Waals surface area contributed by atoms with Crippen molar-refractivity contribution >= 4 is 24.0 Å². The second-order valence-corrected chi connectivity index (χ2v) is 2.83. The van der Waals surface area contributed by atoms with Crippen molar-refractivity contribution in [3.63, 3.8) is 0 Å². The molecule has 1 aromatic rings. The molecule has 9 heavy (non-hydrogen) atoms. The summed E-state index contributed by atoms with van der Waals surface area (Å²) in [5.41, 5.74) is 0. The van der Waals surface area contributed by atoms with Gasteiger partial charge in [0.15, 0.2) is 0 Å². The van der Waals surface area contributed by atoms with Crippen LogP contribution in [0.4, 0.5) is 0 Å². The van der Waals surface area contributed by atoms with E-state index in [0.29, 0.717) is 10.6 Å². The molecule has 1 heterocycles. The van der Waals surface area contributed by atoms with Crippen molar-refractivity contribution in [2.45, 2.75) is 5.75 Å². The van der Waals surface area contributed by atoms with E-state index in [0.717, 1.165) is 11.3 Å². The first-order chi connectivity index (χ1) is 4.24. The maximum Gasteiger partial charge on any atom is 0.307 e. The summed E-state index contributed by atoms with van der Waals surface area (Å²) in [6, 6.07) is 0. The summed E-state index contributed by atoms with van der Waals surface area (Å²) in [6.45, 7) is 0. The molecule has 0 amide bonds. The lowest BCUT2D eigenvalue weighted by molar-refractivity contribution is 0.452. The molecule has 0 aliphatic rings. The van der Waals surface area contributed by atoms with Gasteiger partial charge in [0.25, 0.3) is 0 Å². The predicted octanol–water partition coefficient (Wildman–Crippen LogP) is 0.572. The Morgan fingerprint density at radius 3 is 2.67 bits per heavy atom. The highest BCUT2D eigenvalue weighted by Crippen LogP contribution is 2.16. The third-order valence-corrected chi connectivity index (χ3v) is 2.25. The van der Waals surface area contributed by atoms with Crippen molar-refractivity contribution in [3.8, 4) is 5.88 Å². The molecular formula is C4H5NO2S2. The maximum atomic E-state index is 10.4. The van der Waals surface area contributed by atoms with E-state index in [4.69, 9.17) is 5.11 Å². The lowest BCUT2D eigenvalue weighted by Crippen LogP contribution is -1.89. The quantitative estimate of drug-likeness (QED) is 0.530. The lowest BCUT2D eigenvalue weighted by atomic mass is 10.6. The standard InChI is InChI=1S/C4H5NO2S2/c6-3-2(1-8)9-4(7)5-3/h6,8H,1H2,(H,5,7). The van der Waals surface area contributed by atoms with Crippen LogP contribution in [0.15, 0.2) is 4.79 Å². The molecule has 0 saturated carbocycles. The highest BCUT2D eigenvalue weighted by atomic mass is 32.1. The molecule has 0 fully saturated rings. The van der Waals surface area contributed by atoms with Crippen LogP contribution in [0.5, 0.6) is 5.88 Å². The van der Waals surface area contributed by atoms with Gasteiger partial charge in [0.2, 0.25) is 5.88 Å². The van der Waals surface area contributed by atoms with Crippen molar-refractivity contribution in [3.05, 3.63) is 14.5 Å². The molecule has 0 unspecified atom stereocenters. The van der Waals surface area contributed by atoms with Crippen LogP contribution in [0, 0.1) is 0 Å². The molecule has 5 heteroatoms. The van der Waals surface area contributed by atoms with Crippen LogP contribution in [0.25, 0.3) is 0 Å². The fourth-order valence-corrected chi connectivity index (χ4v) is 1.39. The Labute approximate surface area is 60.8 Å². The zero-order valence-electron chi connectivity index (χ0n) is 4.42. The summed E-state index contributed by atoms with van der Waals surface area (Å²) >= 11 is 4.86. The molecule has 3 nitrogen and oxygen atoms in total. The smallest absolute Gasteiger partial charge is 0.307 e. The number of thiazole rings is 1. The molecule has 1 rings (SSSR count). The SMILES string of the molecule is O=c1[nH]c(O)c(CS)s1. The van der Waals surface area contributed by atoms with Gasteiger partial charge in [-0.2, -0.15) is 12.6 Å². The molecule has 2 N–H and O–H groups in total. The van der Waals surface area contributed by atoms with Crippen LogP contribution in [0.3, 0.4) is 0 Å². The number of nitrogens with one attached hydrogen (secondary N) is 1. The first kappa shape index (κ1) is 6.70. The van der Waals surface area contributed by atoms with E-state index >= 15 is 0 Å². The van der Waals surface area contributed by atoms with Crippen LogP contribution >= 0.6 is 24.0 Å². The predicted molar refractivity (Wildman–Crippen MR) is 39.3 cm³/mol. The molecular weight excluding hydrogens is 158 g/mol. The van der Waals surface area contributed by atoms with Gasteiger partial charge in [-0.1, -0.05) is 11.3 Å². The first-order valence-corrected chi connectivity index (χ1v) is 3.70. The average molecular weight is 163 g/mol. The Balaban J connectivity index is 3.16. The number of rotatable bonds is 1. The molecule has 0 atom stereocenters. The van der Waals surface area contributed by atoms with Gasteiger partial charge < -0.3 is 5.11 Å². The van der Waals surface area contributed by atoms with E-state index in [9.17, 15) is 4.79 Å². The zero-order chi connectivity index (χ0) is 6.85. The second kappa shape index (κ2) is 2.45.